The van der Waals surface area contributed by atoms with Gasteiger partial charge in [-0.25, -0.2) is 0 Å². The van der Waals surface area contributed by atoms with E-state index in [0.717, 1.165) is 24.3 Å². The number of rotatable bonds is 9. The van der Waals surface area contributed by atoms with Gasteiger partial charge in [0, 0.05) is 18.7 Å². The van der Waals surface area contributed by atoms with Crippen LogP contribution in [0.25, 0.3) is 0 Å². The van der Waals surface area contributed by atoms with Gasteiger partial charge in [0.15, 0.2) is 11.5 Å². The van der Waals surface area contributed by atoms with E-state index in [2.05, 4.69) is 12.2 Å². The fourth-order valence-electron chi connectivity index (χ4n) is 4.88. The number of allylic oxidation sites excluding steroid dienone is 2. The number of fused-ring (bicyclic) bond motifs is 2. The fraction of sp³-hybridized carbons (Fsp3) is 0.423. The molecule has 0 N–H and O–H groups in total. The Morgan fingerprint density at radius 1 is 0.935 bits per heavy atom. The van der Waals surface area contributed by atoms with Crippen LogP contribution in [0.5, 0.6) is 17.2 Å². The molecule has 3 unspecified atom stereocenters. The van der Waals surface area contributed by atoms with Crippen LogP contribution in [0, 0.1) is 17.8 Å². The van der Waals surface area contributed by atoms with Gasteiger partial charge >= 0.3 is 0 Å². The maximum absolute atomic E-state index is 13.4. The number of methoxy groups -OCH3 is 3. The molecule has 0 saturated heterocycles. The van der Waals surface area contributed by atoms with Crippen LogP contribution in [0.2, 0.25) is 0 Å². The van der Waals surface area contributed by atoms with Crippen molar-refractivity contribution in [2.75, 3.05) is 34.4 Å². The number of hydrogen-bond donors (Lipinski definition) is 0. The molecule has 0 spiro atoms. The SMILES string of the molecule is COc1ccc(C(=O)N(CCc2ccc(OC)c(OC)c2)CC2CC3C=CC2C3)cc1. The van der Waals surface area contributed by atoms with E-state index in [1.54, 1.807) is 21.3 Å². The lowest BCUT2D eigenvalue weighted by molar-refractivity contribution is 0.0721. The second-order valence-electron chi connectivity index (χ2n) is 8.46. The summed E-state index contributed by atoms with van der Waals surface area (Å²) in [5, 5.41) is 0. The van der Waals surface area contributed by atoms with Gasteiger partial charge in [-0.15, -0.1) is 0 Å². The summed E-state index contributed by atoms with van der Waals surface area (Å²) in [6.45, 7) is 1.46. The average Bonchev–Trinajstić information content (AvgIpc) is 3.44. The van der Waals surface area contributed by atoms with Crippen molar-refractivity contribution in [2.45, 2.75) is 19.3 Å². The first-order chi connectivity index (χ1) is 15.1. The summed E-state index contributed by atoms with van der Waals surface area (Å²) >= 11 is 0. The molecule has 0 heterocycles. The maximum atomic E-state index is 13.4. The first-order valence-corrected chi connectivity index (χ1v) is 10.9. The third kappa shape index (κ3) is 4.71. The molecular weight excluding hydrogens is 390 g/mol. The van der Waals surface area contributed by atoms with Crippen LogP contribution in [0.15, 0.2) is 54.6 Å². The number of carbonyl (C=O) groups is 1. The standard InChI is InChI=1S/C26H31NO4/c1-29-23-9-7-20(8-10-23)26(28)27(17-22-15-19-4-6-21(22)14-19)13-12-18-5-11-24(30-2)25(16-18)31-3/h4-11,16,19,21-22H,12-15,17H2,1-3H3. The van der Waals surface area contributed by atoms with Gasteiger partial charge in [-0.3, -0.25) is 4.79 Å². The highest BCUT2D eigenvalue weighted by atomic mass is 16.5. The summed E-state index contributed by atoms with van der Waals surface area (Å²) in [4.78, 5) is 15.4. The number of carbonyl (C=O) groups excluding carboxylic acids is 1. The Morgan fingerprint density at radius 2 is 1.71 bits per heavy atom. The van der Waals surface area contributed by atoms with Gasteiger partial charge in [0.2, 0.25) is 0 Å². The summed E-state index contributed by atoms with van der Waals surface area (Å²) in [5.41, 5.74) is 1.82. The highest BCUT2D eigenvalue weighted by Gasteiger charge is 2.37. The minimum absolute atomic E-state index is 0.0786. The molecule has 1 saturated carbocycles. The second kappa shape index (κ2) is 9.46. The van der Waals surface area contributed by atoms with Crippen molar-refractivity contribution < 1.29 is 19.0 Å². The van der Waals surface area contributed by atoms with E-state index < -0.39 is 0 Å². The van der Waals surface area contributed by atoms with Crippen LogP contribution in [0.4, 0.5) is 0 Å². The van der Waals surface area contributed by atoms with Crippen LogP contribution < -0.4 is 14.2 Å². The van der Waals surface area contributed by atoms with E-state index in [1.165, 1.54) is 12.8 Å². The maximum Gasteiger partial charge on any atom is 0.253 e. The first-order valence-electron chi connectivity index (χ1n) is 10.9. The second-order valence-corrected chi connectivity index (χ2v) is 8.46. The molecule has 5 nitrogen and oxygen atoms in total. The Hall–Kier alpha value is -2.95. The minimum Gasteiger partial charge on any atom is -0.497 e. The minimum atomic E-state index is 0.0786. The molecule has 2 aliphatic rings. The van der Waals surface area contributed by atoms with Crippen molar-refractivity contribution in [1.29, 1.82) is 0 Å². The third-order valence-corrected chi connectivity index (χ3v) is 6.61. The van der Waals surface area contributed by atoms with E-state index in [9.17, 15) is 4.79 Å². The molecule has 164 valence electrons. The molecule has 0 radical (unpaired) electrons. The Morgan fingerprint density at radius 3 is 2.32 bits per heavy atom. The predicted octanol–water partition coefficient (Wildman–Crippen LogP) is 4.61. The highest BCUT2D eigenvalue weighted by molar-refractivity contribution is 5.94. The number of ether oxygens (including phenoxy) is 3. The topological polar surface area (TPSA) is 48.0 Å². The molecule has 0 aromatic heterocycles. The summed E-state index contributed by atoms with van der Waals surface area (Å²) in [6, 6.07) is 13.4. The van der Waals surface area contributed by atoms with E-state index >= 15 is 0 Å². The Bertz CT molecular complexity index is 937. The summed E-state index contributed by atoms with van der Waals surface area (Å²) in [7, 11) is 4.91. The van der Waals surface area contributed by atoms with Gasteiger partial charge < -0.3 is 19.1 Å². The molecule has 0 aliphatic heterocycles. The van der Waals surface area contributed by atoms with Crippen molar-refractivity contribution in [3.63, 3.8) is 0 Å². The molecule has 2 bridgehead atoms. The van der Waals surface area contributed by atoms with Crippen LogP contribution in [-0.4, -0.2) is 45.2 Å². The van der Waals surface area contributed by atoms with Crippen molar-refractivity contribution in [3.05, 3.63) is 65.7 Å². The smallest absolute Gasteiger partial charge is 0.253 e. The quantitative estimate of drug-likeness (QED) is 0.555. The number of hydrogen-bond acceptors (Lipinski definition) is 4. The zero-order chi connectivity index (χ0) is 21.8. The molecule has 5 heteroatoms. The molecule has 31 heavy (non-hydrogen) atoms. The van der Waals surface area contributed by atoms with Gasteiger partial charge in [-0.05, 0) is 79.0 Å². The van der Waals surface area contributed by atoms with Gasteiger partial charge in [-0.1, -0.05) is 18.2 Å². The Labute approximate surface area is 184 Å². The van der Waals surface area contributed by atoms with Crippen LogP contribution in [0.3, 0.4) is 0 Å². The number of amides is 1. The van der Waals surface area contributed by atoms with Gasteiger partial charge in [-0.2, -0.15) is 0 Å². The molecule has 3 atom stereocenters. The fourth-order valence-corrected chi connectivity index (χ4v) is 4.88. The summed E-state index contributed by atoms with van der Waals surface area (Å²) in [6.07, 6.45) is 7.89. The lowest BCUT2D eigenvalue weighted by Crippen LogP contribution is -2.38. The molecular formula is C26H31NO4. The van der Waals surface area contributed by atoms with Crippen LogP contribution >= 0.6 is 0 Å². The Balaban J connectivity index is 1.50. The van der Waals surface area contributed by atoms with Crippen molar-refractivity contribution >= 4 is 5.91 Å². The predicted molar refractivity (Wildman–Crippen MR) is 121 cm³/mol. The van der Waals surface area contributed by atoms with E-state index in [0.29, 0.717) is 41.4 Å². The largest absolute Gasteiger partial charge is 0.497 e. The molecule has 1 fully saturated rings. The molecule has 2 aromatic rings. The molecule has 2 aromatic carbocycles. The summed E-state index contributed by atoms with van der Waals surface area (Å²) in [5.74, 6) is 4.11. The number of nitrogens with zero attached hydrogens (tertiary/aromatic N) is 1. The van der Waals surface area contributed by atoms with E-state index in [1.807, 2.05) is 47.4 Å². The molecule has 1 amide bonds. The zero-order valence-electron chi connectivity index (χ0n) is 18.5. The Kier molecular flexibility index (Phi) is 6.50. The van der Waals surface area contributed by atoms with E-state index in [-0.39, 0.29) is 5.91 Å². The van der Waals surface area contributed by atoms with E-state index in [4.69, 9.17) is 14.2 Å². The molecule has 2 aliphatic carbocycles. The van der Waals surface area contributed by atoms with Crippen LogP contribution in [-0.2, 0) is 6.42 Å². The van der Waals surface area contributed by atoms with Gasteiger partial charge in [0.1, 0.15) is 5.75 Å². The van der Waals surface area contributed by atoms with Crippen molar-refractivity contribution in [1.82, 2.24) is 4.90 Å². The first kappa shape index (κ1) is 21.3. The zero-order valence-corrected chi connectivity index (χ0v) is 18.5. The number of benzene rings is 2. The monoisotopic (exact) mass is 421 g/mol. The van der Waals surface area contributed by atoms with Gasteiger partial charge in [0.25, 0.3) is 5.91 Å². The highest BCUT2D eigenvalue weighted by Crippen LogP contribution is 2.43. The lowest BCUT2D eigenvalue weighted by atomic mass is 9.92. The third-order valence-electron chi connectivity index (χ3n) is 6.61. The summed E-state index contributed by atoms with van der Waals surface area (Å²) < 4.78 is 16.0. The normalized spacial score (nSPS) is 21.2. The lowest BCUT2D eigenvalue weighted by Gasteiger charge is -2.29. The van der Waals surface area contributed by atoms with Gasteiger partial charge in [0.05, 0.1) is 21.3 Å². The van der Waals surface area contributed by atoms with Crippen molar-refractivity contribution in [2.24, 2.45) is 17.8 Å². The van der Waals surface area contributed by atoms with Crippen LogP contribution in [0.1, 0.15) is 28.8 Å². The molecule has 4 rings (SSSR count). The van der Waals surface area contributed by atoms with Crippen molar-refractivity contribution in [3.8, 4) is 17.2 Å². The average molecular weight is 422 g/mol.